The number of nitrogens with one attached hydrogen (secondary N) is 1. The van der Waals surface area contributed by atoms with Crippen LogP contribution in [0.5, 0.6) is 0 Å². The summed E-state index contributed by atoms with van der Waals surface area (Å²) in [5.74, 6) is 0.188. The number of rotatable bonds is 3. The lowest BCUT2D eigenvalue weighted by atomic mass is 9.82. The summed E-state index contributed by atoms with van der Waals surface area (Å²) in [6, 6.07) is 6.21. The largest absolute Gasteiger partial charge is 0.336 e. The van der Waals surface area contributed by atoms with E-state index in [0.29, 0.717) is 23.8 Å². The molecule has 0 aliphatic carbocycles. The standard InChI is InChI=1S/C17H18ClN5O3S/c18-10-1-3-11(4-2-10)27(25,26)23-15-5-6-16(23)13-9-22(8-12(13)15)17(24)14-7-19-21-20-14/h1-4,7,12-13,15-16H,5-6,8-9H2,(H,19,20,21)/t12-,13+,15+,16-. The van der Waals surface area contributed by atoms with E-state index < -0.39 is 10.0 Å². The normalized spacial score (nSPS) is 30.0. The van der Waals surface area contributed by atoms with Crippen LogP contribution in [0, 0.1) is 11.8 Å². The highest BCUT2D eigenvalue weighted by atomic mass is 35.5. The second kappa shape index (κ2) is 6.02. The molecule has 5 rings (SSSR count). The van der Waals surface area contributed by atoms with Crippen LogP contribution in [0.1, 0.15) is 23.3 Å². The first-order valence-corrected chi connectivity index (χ1v) is 10.7. The van der Waals surface area contributed by atoms with Crippen LogP contribution in [0.2, 0.25) is 5.02 Å². The third-order valence-corrected chi connectivity index (χ3v) is 8.34. The number of benzene rings is 1. The number of aromatic amines is 1. The SMILES string of the molecule is O=C(c1cn[nH]n1)N1C[C@@H]2[C@H](C1)[C@H]1CC[C@@H]2N1S(=O)(=O)c1ccc(Cl)cc1. The minimum Gasteiger partial charge on any atom is -0.336 e. The number of likely N-dealkylation sites (tertiary alicyclic amines) is 1. The molecular weight excluding hydrogens is 390 g/mol. The Bertz CT molecular complexity index is 959. The number of nitrogens with zero attached hydrogens (tertiary/aromatic N) is 4. The van der Waals surface area contributed by atoms with Crippen molar-refractivity contribution in [2.75, 3.05) is 13.1 Å². The number of aromatic nitrogens is 3. The van der Waals surface area contributed by atoms with Gasteiger partial charge in [-0.2, -0.15) is 19.7 Å². The Morgan fingerprint density at radius 3 is 2.30 bits per heavy atom. The number of carbonyl (C=O) groups is 1. The Hall–Kier alpha value is -1.97. The molecule has 10 heteroatoms. The molecule has 1 aromatic heterocycles. The van der Waals surface area contributed by atoms with Gasteiger partial charge >= 0.3 is 0 Å². The zero-order chi connectivity index (χ0) is 18.8. The van der Waals surface area contributed by atoms with Crippen molar-refractivity contribution < 1.29 is 13.2 Å². The highest BCUT2D eigenvalue weighted by Gasteiger charge is 2.60. The second-order valence-corrected chi connectivity index (χ2v) is 9.67. The summed E-state index contributed by atoms with van der Waals surface area (Å²) in [5, 5.41) is 10.5. The maximum Gasteiger partial charge on any atom is 0.276 e. The Balaban J connectivity index is 1.40. The van der Waals surface area contributed by atoms with Crippen LogP contribution < -0.4 is 0 Å². The second-order valence-electron chi connectivity index (χ2n) is 7.39. The average molecular weight is 408 g/mol. The predicted molar refractivity (Wildman–Crippen MR) is 96.6 cm³/mol. The Kier molecular flexibility index (Phi) is 3.82. The van der Waals surface area contributed by atoms with Gasteiger partial charge < -0.3 is 4.90 Å². The van der Waals surface area contributed by atoms with Gasteiger partial charge in [0, 0.05) is 30.2 Å². The van der Waals surface area contributed by atoms with E-state index in [0.717, 1.165) is 12.8 Å². The molecule has 3 aliphatic heterocycles. The smallest absolute Gasteiger partial charge is 0.276 e. The summed E-state index contributed by atoms with van der Waals surface area (Å²) in [7, 11) is -3.57. The molecule has 2 bridgehead atoms. The molecule has 0 radical (unpaired) electrons. The molecule has 0 unspecified atom stereocenters. The molecule has 1 N–H and O–H groups in total. The number of amides is 1. The van der Waals surface area contributed by atoms with Crippen molar-refractivity contribution in [1.82, 2.24) is 24.6 Å². The maximum atomic E-state index is 13.2. The number of carbonyl (C=O) groups excluding carboxylic acids is 1. The average Bonchev–Trinajstić information content (AvgIpc) is 3.42. The van der Waals surface area contributed by atoms with Crippen LogP contribution in [-0.4, -0.2) is 64.1 Å². The summed E-state index contributed by atoms with van der Waals surface area (Å²) in [4.78, 5) is 14.6. The first-order chi connectivity index (χ1) is 13.0. The van der Waals surface area contributed by atoms with E-state index in [9.17, 15) is 13.2 Å². The molecule has 0 saturated carbocycles. The first-order valence-electron chi connectivity index (χ1n) is 8.91. The fraction of sp³-hybridized carbons (Fsp3) is 0.471. The Morgan fingerprint density at radius 1 is 1.11 bits per heavy atom. The molecule has 142 valence electrons. The van der Waals surface area contributed by atoms with Gasteiger partial charge in [0.2, 0.25) is 10.0 Å². The lowest BCUT2D eigenvalue weighted by Crippen LogP contribution is -2.41. The third kappa shape index (κ3) is 2.52. The van der Waals surface area contributed by atoms with Crippen molar-refractivity contribution in [1.29, 1.82) is 0 Å². The molecule has 4 atom stereocenters. The van der Waals surface area contributed by atoms with Gasteiger partial charge in [-0.05, 0) is 48.9 Å². The lowest BCUT2D eigenvalue weighted by Gasteiger charge is -2.26. The monoisotopic (exact) mass is 407 g/mol. The summed E-state index contributed by atoms with van der Waals surface area (Å²) in [6.07, 6.45) is 3.09. The molecule has 3 saturated heterocycles. The van der Waals surface area contributed by atoms with E-state index in [2.05, 4.69) is 15.4 Å². The van der Waals surface area contributed by atoms with Gasteiger partial charge in [0.05, 0.1) is 11.1 Å². The van der Waals surface area contributed by atoms with Gasteiger partial charge in [-0.1, -0.05) is 11.6 Å². The minimum atomic E-state index is -3.57. The van der Waals surface area contributed by atoms with Gasteiger partial charge in [-0.25, -0.2) is 8.42 Å². The first kappa shape index (κ1) is 17.2. The number of H-pyrrole nitrogens is 1. The summed E-state index contributed by atoms with van der Waals surface area (Å²) in [5.41, 5.74) is 0.299. The summed E-state index contributed by atoms with van der Waals surface area (Å²) < 4.78 is 28.1. The van der Waals surface area contributed by atoms with Crippen molar-refractivity contribution in [2.24, 2.45) is 11.8 Å². The summed E-state index contributed by atoms with van der Waals surface area (Å²) >= 11 is 5.90. The van der Waals surface area contributed by atoms with Gasteiger partial charge in [-0.3, -0.25) is 4.79 Å². The van der Waals surface area contributed by atoms with Crippen LogP contribution in [0.3, 0.4) is 0 Å². The maximum absolute atomic E-state index is 13.2. The molecule has 1 amide bonds. The van der Waals surface area contributed by atoms with Crippen molar-refractivity contribution >= 4 is 27.5 Å². The van der Waals surface area contributed by atoms with Crippen LogP contribution in [0.4, 0.5) is 0 Å². The van der Waals surface area contributed by atoms with Gasteiger partial charge in [0.15, 0.2) is 5.69 Å². The van der Waals surface area contributed by atoms with Gasteiger partial charge in [-0.15, -0.1) is 0 Å². The number of hydrogen-bond acceptors (Lipinski definition) is 5. The molecule has 4 heterocycles. The zero-order valence-corrected chi connectivity index (χ0v) is 15.9. The highest BCUT2D eigenvalue weighted by molar-refractivity contribution is 7.89. The van der Waals surface area contributed by atoms with Crippen molar-refractivity contribution in [3.63, 3.8) is 0 Å². The van der Waals surface area contributed by atoms with E-state index in [1.165, 1.54) is 6.20 Å². The van der Waals surface area contributed by atoms with Crippen molar-refractivity contribution in [3.8, 4) is 0 Å². The minimum absolute atomic E-state index is 0.0595. The number of hydrogen-bond donors (Lipinski definition) is 1. The zero-order valence-electron chi connectivity index (χ0n) is 14.3. The van der Waals surface area contributed by atoms with E-state index in [1.807, 2.05) is 0 Å². The van der Waals surface area contributed by atoms with E-state index >= 15 is 0 Å². The summed E-state index contributed by atoms with van der Waals surface area (Å²) in [6.45, 7) is 1.12. The molecule has 8 nitrogen and oxygen atoms in total. The Labute approximate surface area is 161 Å². The van der Waals surface area contributed by atoms with E-state index in [1.54, 1.807) is 33.5 Å². The molecule has 2 aromatic rings. The van der Waals surface area contributed by atoms with Crippen molar-refractivity contribution in [2.45, 2.75) is 29.8 Å². The van der Waals surface area contributed by atoms with Crippen LogP contribution in [-0.2, 0) is 10.0 Å². The molecule has 27 heavy (non-hydrogen) atoms. The quantitative estimate of drug-likeness (QED) is 0.828. The fourth-order valence-electron chi connectivity index (χ4n) is 5.03. The van der Waals surface area contributed by atoms with Gasteiger partial charge in [0.25, 0.3) is 5.91 Å². The predicted octanol–water partition coefficient (Wildman–Crippen LogP) is 1.38. The third-order valence-electron chi connectivity index (χ3n) is 6.12. The van der Waals surface area contributed by atoms with E-state index in [4.69, 9.17) is 11.6 Å². The fourth-order valence-corrected chi connectivity index (χ4v) is 7.12. The molecule has 1 aromatic carbocycles. The van der Waals surface area contributed by atoms with Crippen LogP contribution >= 0.6 is 11.6 Å². The van der Waals surface area contributed by atoms with Crippen molar-refractivity contribution in [3.05, 3.63) is 41.2 Å². The van der Waals surface area contributed by atoms with Gasteiger partial charge in [0.1, 0.15) is 0 Å². The Morgan fingerprint density at radius 2 is 1.74 bits per heavy atom. The van der Waals surface area contributed by atoms with Crippen LogP contribution in [0.15, 0.2) is 35.4 Å². The number of sulfonamides is 1. The van der Waals surface area contributed by atoms with E-state index in [-0.39, 0.29) is 34.7 Å². The highest BCUT2D eigenvalue weighted by Crippen LogP contribution is 2.51. The molecule has 3 aliphatic rings. The molecule has 0 spiro atoms. The molecule has 3 fully saturated rings. The number of halogens is 1. The lowest BCUT2D eigenvalue weighted by molar-refractivity contribution is 0.0767. The number of fused-ring (bicyclic) bond motifs is 5. The molecular formula is C17H18ClN5O3S. The van der Waals surface area contributed by atoms with Crippen LogP contribution in [0.25, 0.3) is 0 Å². The topological polar surface area (TPSA) is 99.3 Å².